The Morgan fingerprint density at radius 1 is 1.06 bits per heavy atom. The lowest BCUT2D eigenvalue weighted by molar-refractivity contribution is 0.0945. The Kier molecular flexibility index (Phi) is 6.62. The Morgan fingerprint density at radius 3 is 2.66 bits per heavy atom. The molecule has 7 nitrogen and oxygen atoms in total. The van der Waals surface area contributed by atoms with Crippen molar-refractivity contribution in [2.75, 3.05) is 11.9 Å². The first-order valence-electron chi connectivity index (χ1n) is 10.0. The first-order valence-corrected chi connectivity index (χ1v) is 10.9. The number of benzene rings is 2. The molecule has 4 aromatic rings. The van der Waals surface area contributed by atoms with Crippen LogP contribution in [-0.4, -0.2) is 23.4 Å². The summed E-state index contributed by atoms with van der Waals surface area (Å²) in [7, 11) is 0. The van der Waals surface area contributed by atoms with Gasteiger partial charge in [0.05, 0.1) is 12.9 Å². The molecule has 0 aliphatic carbocycles. The van der Waals surface area contributed by atoms with Crippen LogP contribution in [0.15, 0.2) is 76.7 Å². The highest BCUT2D eigenvalue weighted by Gasteiger charge is 2.13. The number of amides is 2. The zero-order chi connectivity index (χ0) is 22.3. The third kappa shape index (κ3) is 5.22. The van der Waals surface area contributed by atoms with Crippen LogP contribution < -0.4 is 15.4 Å². The van der Waals surface area contributed by atoms with Crippen LogP contribution in [0.25, 0.3) is 10.6 Å². The molecule has 0 spiro atoms. The highest BCUT2D eigenvalue weighted by atomic mass is 32.1. The predicted molar refractivity (Wildman–Crippen MR) is 123 cm³/mol. The molecule has 0 saturated carbocycles. The van der Waals surface area contributed by atoms with Crippen LogP contribution in [0, 0.1) is 0 Å². The summed E-state index contributed by atoms with van der Waals surface area (Å²) in [5.41, 5.74) is 2.75. The molecular formula is C24H21N3O4S. The molecule has 2 aromatic heterocycles. The summed E-state index contributed by atoms with van der Waals surface area (Å²) < 4.78 is 10.5. The molecule has 0 bridgehead atoms. The number of ether oxygens (including phenoxy) is 1. The van der Waals surface area contributed by atoms with Crippen molar-refractivity contribution < 1.29 is 18.7 Å². The number of anilines is 1. The number of nitrogens with one attached hydrogen (secondary N) is 2. The van der Waals surface area contributed by atoms with Crippen molar-refractivity contribution in [3.63, 3.8) is 0 Å². The molecule has 4 rings (SSSR count). The highest BCUT2D eigenvalue weighted by Crippen LogP contribution is 2.26. The normalized spacial score (nSPS) is 10.5. The van der Waals surface area contributed by atoms with E-state index in [1.807, 2.05) is 43.3 Å². The zero-order valence-corrected chi connectivity index (χ0v) is 18.1. The van der Waals surface area contributed by atoms with Gasteiger partial charge in [0.25, 0.3) is 11.8 Å². The lowest BCUT2D eigenvalue weighted by Gasteiger charge is -2.07. The summed E-state index contributed by atoms with van der Waals surface area (Å²) in [5.74, 6) is 0.438. The second-order valence-electron chi connectivity index (χ2n) is 6.81. The van der Waals surface area contributed by atoms with Gasteiger partial charge in [-0.05, 0) is 61.0 Å². The van der Waals surface area contributed by atoms with Gasteiger partial charge in [-0.3, -0.25) is 9.59 Å². The maximum absolute atomic E-state index is 12.6. The first-order chi connectivity index (χ1) is 15.6. The van der Waals surface area contributed by atoms with E-state index in [1.54, 1.807) is 29.6 Å². The second-order valence-corrected chi connectivity index (χ2v) is 7.67. The molecule has 0 aliphatic heterocycles. The summed E-state index contributed by atoms with van der Waals surface area (Å²) in [5, 5.41) is 8.14. The monoisotopic (exact) mass is 447 g/mol. The maximum Gasteiger partial charge on any atom is 0.291 e. The van der Waals surface area contributed by atoms with Gasteiger partial charge >= 0.3 is 0 Å². The number of aromatic nitrogens is 1. The molecule has 0 saturated heterocycles. The number of hydrogen-bond donors (Lipinski definition) is 2. The minimum Gasteiger partial charge on any atom is -0.494 e. The summed E-state index contributed by atoms with van der Waals surface area (Å²) >= 11 is 1.41. The molecule has 2 heterocycles. The molecule has 162 valence electrons. The Hall–Kier alpha value is -3.91. The van der Waals surface area contributed by atoms with Crippen LogP contribution in [-0.2, 0) is 6.54 Å². The molecule has 0 fully saturated rings. The van der Waals surface area contributed by atoms with Crippen LogP contribution in [0.1, 0.15) is 33.5 Å². The van der Waals surface area contributed by atoms with E-state index in [1.165, 1.54) is 17.6 Å². The number of furan rings is 1. The Labute approximate surface area is 189 Å². The summed E-state index contributed by atoms with van der Waals surface area (Å²) in [6.45, 7) is 2.85. The number of thiazole rings is 1. The van der Waals surface area contributed by atoms with Gasteiger partial charge in [-0.15, -0.1) is 11.3 Å². The smallest absolute Gasteiger partial charge is 0.291 e. The van der Waals surface area contributed by atoms with E-state index >= 15 is 0 Å². The van der Waals surface area contributed by atoms with E-state index in [9.17, 15) is 9.59 Å². The molecule has 8 heteroatoms. The van der Waals surface area contributed by atoms with E-state index in [0.717, 1.165) is 21.9 Å². The standard InChI is InChI=1S/C24H21N3O4S/c1-2-30-19-10-8-17(9-11-19)24-27-20(15-32-24)22(28)25-14-16-5-3-6-18(13-16)26-23(29)21-7-4-12-31-21/h3-13,15H,2,14H2,1H3,(H,25,28)(H,26,29). The van der Waals surface area contributed by atoms with Gasteiger partial charge in [-0.2, -0.15) is 0 Å². The number of nitrogens with zero attached hydrogens (tertiary/aromatic N) is 1. The fraction of sp³-hybridized carbons (Fsp3) is 0.125. The second kappa shape index (κ2) is 9.93. The fourth-order valence-electron chi connectivity index (χ4n) is 3.00. The van der Waals surface area contributed by atoms with Gasteiger partial charge in [-0.1, -0.05) is 12.1 Å². The van der Waals surface area contributed by atoms with Gasteiger partial charge < -0.3 is 19.8 Å². The average Bonchev–Trinajstić information content (AvgIpc) is 3.51. The minimum absolute atomic E-state index is 0.232. The van der Waals surface area contributed by atoms with Crippen molar-refractivity contribution >= 4 is 28.8 Å². The zero-order valence-electron chi connectivity index (χ0n) is 17.3. The molecule has 0 unspecified atom stereocenters. The summed E-state index contributed by atoms with van der Waals surface area (Å²) in [4.78, 5) is 29.1. The van der Waals surface area contributed by atoms with E-state index in [-0.39, 0.29) is 17.6 Å². The Balaban J connectivity index is 1.35. The predicted octanol–water partition coefficient (Wildman–Crippen LogP) is 4.98. The van der Waals surface area contributed by atoms with Gasteiger partial charge in [0.1, 0.15) is 16.5 Å². The number of carbonyl (C=O) groups excluding carboxylic acids is 2. The highest BCUT2D eigenvalue weighted by molar-refractivity contribution is 7.13. The summed E-state index contributed by atoms with van der Waals surface area (Å²) in [6, 6.07) is 18.1. The number of hydrogen-bond acceptors (Lipinski definition) is 6. The van der Waals surface area contributed by atoms with E-state index in [4.69, 9.17) is 9.15 Å². The van der Waals surface area contributed by atoms with Gasteiger partial charge in [0, 0.05) is 23.2 Å². The number of carbonyl (C=O) groups is 2. The van der Waals surface area contributed by atoms with Crippen molar-refractivity contribution in [3.8, 4) is 16.3 Å². The van der Waals surface area contributed by atoms with Gasteiger partial charge in [-0.25, -0.2) is 4.98 Å². The van der Waals surface area contributed by atoms with Crippen molar-refractivity contribution in [2.45, 2.75) is 13.5 Å². The van der Waals surface area contributed by atoms with Gasteiger partial charge in [0.2, 0.25) is 0 Å². The van der Waals surface area contributed by atoms with Crippen molar-refractivity contribution in [2.24, 2.45) is 0 Å². The lowest BCUT2D eigenvalue weighted by atomic mass is 10.2. The van der Waals surface area contributed by atoms with Crippen molar-refractivity contribution in [3.05, 3.63) is 89.3 Å². The molecule has 2 amide bonds. The molecule has 0 atom stereocenters. The maximum atomic E-state index is 12.6. The lowest BCUT2D eigenvalue weighted by Crippen LogP contribution is -2.23. The molecule has 0 radical (unpaired) electrons. The molecule has 0 aliphatic rings. The SMILES string of the molecule is CCOc1ccc(-c2nc(C(=O)NCc3cccc(NC(=O)c4ccco4)c3)cs2)cc1. The molecule has 2 N–H and O–H groups in total. The molecular weight excluding hydrogens is 426 g/mol. The minimum atomic E-state index is -0.333. The van der Waals surface area contributed by atoms with Crippen molar-refractivity contribution in [1.29, 1.82) is 0 Å². The van der Waals surface area contributed by atoms with Crippen LogP contribution in [0.5, 0.6) is 5.75 Å². The fourth-order valence-corrected chi connectivity index (χ4v) is 3.81. The first kappa shape index (κ1) is 21.3. The molecule has 32 heavy (non-hydrogen) atoms. The Bertz CT molecular complexity index is 1200. The topological polar surface area (TPSA) is 93.5 Å². The van der Waals surface area contributed by atoms with E-state index in [2.05, 4.69) is 15.6 Å². The van der Waals surface area contributed by atoms with E-state index in [0.29, 0.717) is 24.5 Å². The number of rotatable bonds is 8. The van der Waals surface area contributed by atoms with Gasteiger partial charge in [0.15, 0.2) is 5.76 Å². The summed E-state index contributed by atoms with van der Waals surface area (Å²) in [6.07, 6.45) is 1.45. The quantitative estimate of drug-likeness (QED) is 0.397. The van der Waals surface area contributed by atoms with Crippen LogP contribution in [0.3, 0.4) is 0 Å². The average molecular weight is 448 g/mol. The van der Waals surface area contributed by atoms with E-state index < -0.39 is 0 Å². The van der Waals surface area contributed by atoms with Crippen LogP contribution in [0.4, 0.5) is 5.69 Å². The third-order valence-corrected chi connectivity index (χ3v) is 5.42. The van der Waals surface area contributed by atoms with Crippen molar-refractivity contribution in [1.82, 2.24) is 10.3 Å². The van der Waals surface area contributed by atoms with Crippen LogP contribution >= 0.6 is 11.3 Å². The van der Waals surface area contributed by atoms with Crippen LogP contribution in [0.2, 0.25) is 0 Å². The molecule has 2 aromatic carbocycles. The largest absolute Gasteiger partial charge is 0.494 e. The Morgan fingerprint density at radius 2 is 1.91 bits per heavy atom. The third-order valence-electron chi connectivity index (χ3n) is 4.53.